The minimum atomic E-state index is -4.45. The highest BCUT2D eigenvalue weighted by molar-refractivity contribution is 5.83. The van der Waals surface area contributed by atoms with Crippen molar-refractivity contribution in [2.75, 3.05) is 20.8 Å². The second kappa shape index (κ2) is 6.13. The van der Waals surface area contributed by atoms with Gasteiger partial charge < -0.3 is 9.47 Å². The Balaban J connectivity index is 3.20. The van der Waals surface area contributed by atoms with Crippen LogP contribution in [-0.4, -0.2) is 32.9 Å². The number of ether oxygens (including phenoxy) is 2. The fourth-order valence-electron chi connectivity index (χ4n) is 1.82. The zero-order valence-corrected chi connectivity index (χ0v) is 11.4. The highest BCUT2D eigenvalue weighted by Gasteiger charge is 2.41. The second-order valence-corrected chi connectivity index (χ2v) is 4.29. The number of halogens is 3. The molecule has 0 spiro atoms. The summed E-state index contributed by atoms with van der Waals surface area (Å²) in [7, 11) is 2.49. The molecule has 0 heterocycles. The maximum Gasteiger partial charge on any atom is 0.401 e. The molecule has 7 heteroatoms. The highest BCUT2D eigenvalue weighted by atomic mass is 19.4. The van der Waals surface area contributed by atoms with Crippen LogP contribution in [0.4, 0.5) is 13.2 Å². The van der Waals surface area contributed by atoms with Crippen molar-refractivity contribution in [3.8, 4) is 5.75 Å². The first-order valence-corrected chi connectivity index (χ1v) is 5.78. The number of carbonyl (C=O) groups excluding carboxylic acids is 1. The predicted octanol–water partition coefficient (Wildman–Crippen LogP) is 2.24. The first-order chi connectivity index (χ1) is 9.24. The Morgan fingerprint density at radius 3 is 2.35 bits per heavy atom. The Hall–Kier alpha value is -1.76. The number of nitrogens with one attached hydrogen (secondary N) is 1. The standard InChI is InChI=1S/C13H16F3NO3/c1-12(11(18)20-3,17-8-13(14,15)16)9-6-4-5-7-10(9)19-2/h4-7,17H,8H2,1-3H3. The molecule has 1 aromatic carbocycles. The Kier molecular flexibility index (Phi) is 4.99. The fourth-order valence-corrected chi connectivity index (χ4v) is 1.82. The SMILES string of the molecule is COC(=O)C(C)(NCC(F)(F)F)c1ccccc1OC. The van der Waals surface area contributed by atoms with E-state index < -0.39 is 24.2 Å². The van der Waals surface area contributed by atoms with Crippen LogP contribution in [0.15, 0.2) is 24.3 Å². The maximum atomic E-state index is 12.4. The highest BCUT2D eigenvalue weighted by Crippen LogP contribution is 2.31. The number of esters is 1. The summed E-state index contributed by atoms with van der Waals surface area (Å²) >= 11 is 0. The van der Waals surface area contributed by atoms with Crippen LogP contribution in [0.5, 0.6) is 5.75 Å². The van der Waals surface area contributed by atoms with Gasteiger partial charge in [0.05, 0.1) is 20.8 Å². The zero-order chi connectivity index (χ0) is 15.4. The van der Waals surface area contributed by atoms with Crippen molar-refractivity contribution >= 4 is 5.97 Å². The summed E-state index contributed by atoms with van der Waals surface area (Å²) in [6, 6.07) is 6.34. The van der Waals surface area contributed by atoms with Crippen LogP contribution in [0.1, 0.15) is 12.5 Å². The van der Waals surface area contributed by atoms with Gasteiger partial charge in [-0.1, -0.05) is 18.2 Å². The first kappa shape index (κ1) is 16.3. The molecule has 0 amide bonds. The Morgan fingerprint density at radius 2 is 1.85 bits per heavy atom. The molecule has 4 nitrogen and oxygen atoms in total. The Morgan fingerprint density at radius 1 is 1.25 bits per heavy atom. The number of hydrogen-bond acceptors (Lipinski definition) is 4. The normalized spacial score (nSPS) is 14.5. The van der Waals surface area contributed by atoms with Gasteiger partial charge in [0.15, 0.2) is 0 Å². The van der Waals surface area contributed by atoms with Gasteiger partial charge in [0, 0.05) is 5.56 Å². The molecule has 1 atom stereocenters. The number of rotatable bonds is 5. The van der Waals surface area contributed by atoms with Gasteiger partial charge in [0.1, 0.15) is 11.3 Å². The van der Waals surface area contributed by atoms with E-state index in [0.717, 1.165) is 7.11 Å². The molecular weight excluding hydrogens is 275 g/mol. The summed E-state index contributed by atoms with van der Waals surface area (Å²) in [6.45, 7) is -0.000917. The lowest BCUT2D eigenvalue weighted by Crippen LogP contribution is -2.50. The zero-order valence-electron chi connectivity index (χ0n) is 11.4. The van der Waals surface area contributed by atoms with Crippen LogP contribution in [-0.2, 0) is 15.1 Å². The molecule has 0 aromatic heterocycles. The molecule has 0 aliphatic carbocycles. The summed E-state index contributed by atoms with van der Waals surface area (Å²) in [6.07, 6.45) is -4.45. The number of para-hydroxylation sites is 1. The minimum absolute atomic E-state index is 0.276. The van der Waals surface area contributed by atoms with E-state index in [-0.39, 0.29) is 5.56 Å². The molecule has 0 radical (unpaired) electrons. The second-order valence-electron chi connectivity index (χ2n) is 4.29. The molecule has 0 aliphatic heterocycles. The summed E-state index contributed by atoms with van der Waals surface area (Å²) in [5, 5.41) is 2.20. The molecule has 1 aromatic rings. The molecule has 112 valence electrons. The average molecular weight is 291 g/mol. The van der Waals surface area contributed by atoms with Gasteiger partial charge >= 0.3 is 12.1 Å². The summed E-state index contributed by atoms with van der Waals surface area (Å²) in [4.78, 5) is 11.9. The number of alkyl halides is 3. The fraction of sp³-hybridized carbons (Fsp3) is 0.462. The third-order valence-corrected chi connectivity index (χ3v) is 2.88. The molecule has 20 heavy (non-hydrogen) atoms. The molecule has 1 N–H and O–H groups in total. The van der Waals surface area contributed by atoms with Gasteiger partial charge in [0.2, 0.25) is 0 Å². The van der Waals surface area contributed by atoms with Crippen molar-refractivity contribution < 1.29 is 27.4 Å². The van der Waals surface area contributed by atoms with E-state index >= 15 is 0 Å². The third kappa shape index (κ3) is 3.63. The van der Waals surface area contributed by atoms with Crippen LogP contribution in [0.25, 0.3) is 0 Å². The number of benzene rings is 1. The molecule has 0 saturated carbocycles. The van der Waals surface area contributed by atoms with Crippen molar-refractivity contribution in [3.05, 3.63) is 29.8 Å². The monoisotopic (exact) mass is 291 g/mol. The van der Waals surface area contributed by atoms with Crippen molar-refractivity contribution in [3.63, 3.8) is 0 Å². The summed E-state index contributed by atoms with van der Waals surface area (Å²) in [5.74, 6) is -0.527. The maximum absolute atomic E-state index is 12.4. The van der Waals surface area contributed by atoms with E-state index in [0.29, 0.717) is 5.75 Å². The van der Waals surface area contributed by atoms with Gasteiger partial charge in [-0.05, 0) is 13.0 Å². The predicted molar refractivity (Wildman–Crippen MR) is 66.4 cm³/mol. The van der Waals surface area contributed by atoms with E-state index in [9.17, 15) is 18.0 Å². The van der Waals surface area contributed by atoms with Crippen LogP contribution in [0.2, 0.25) is 0 Å². The first-order valence-electron chi connectivity index (χ1n) is 5.78. The van der Waals surface area contributed by atoms with Gasteiger partial charge in [-0.15, -0.1) is 0 Å². The molecular formula is C13H16F3NO3. The lowest BCUT2D eigenvalue weighted by atomic mass is 9.91. The van der Waals surface area contributed by atoms with Gasteiger partial charge in [-0.3, -0.25) is 5.32 Å². The van der Waals surface area contributed by atoms with E-state index in [4.69, 9.17) is 4.74 Å². The number of methoxy groups -OCH3 is 2. The van der Waals surface area contributed by atoms with Crippen molar-refractivity contribution in [1.29, 1.82) is 0 Å². The molecule has 1 unspecified atom stereocenters. The number of carbonyl (C=O) groups is 1. The van der Waals surface area contributed by atoms with E-state index in [1.54, 1.807) is 18.2 Å². The average Bonchev–Trinajstić information content (AvgIpc) is 2.43. The van der Waals surface area contributed by atoms with Gasteiger partial charge in [-0.25, -0.2) is 4.79 Å². The minimum Gasteiger partial charge on any atom is -0.496 e. The van der Waals surface area contributed by atoms with Crippen molar-refractivity contribution in [1.82, 2.24) is 5.32 Å². The van der Waals surface area contributed by atoms with Crippen molar-refractivity contribution in [2.24, 2.45) is 0 Å². The van der Waals surface area contributed by atoms with E-state index in [1.807, 2.05) is 0 Å². The quantitative estimate of drug-likeness (QED) is 0.845. The lowest BCUT2D eigenvalue weighted by molar-refractivity contribution is -0.153. The molecule has 1 rings (SSSR count). The Labute approximate surface area is 114 Å². The smallest absolute Gasteiger partial charge is 0.401 e. The Bertz CT molecular complexity index is 476. The molecule has 0 aliphatic rings. The molecule has 0 saturated heterocycles. The van der Waals surface area contributed by atoms with Crippen molar-refractivity contribution in [2.45, 2.75) is 18.6 Å². The summed E-state index contributed by atoms with van der Waals surface area (Å²) < 4.78 is 46.9. The third-order valence-electron chi connectivity index (χ3n) is 2.88. The largest absolute Gasteiger partial charge is 0.496 e. The van der Waals surface area contributed by atoms with Gasteiger partial charge in [0.25, 0.3) is 0 Å². The molecule has 0 fully saturated rings. The number of hydrogen-bond donors (Lipinski definition) is 1. The van der Waals surface area contributed by atoms with Crippen LogP contribution in [0, 0.1) is 0 Å². The summed E-state index contributed by atoms with van der Waals surface area (Å²) in [5.41, 5.74) is -1.38. The lowest BCUT2D eigenvalue weighted by Gasteiger charge is -2.30. The molecule has 0 bridgehead atoms. The van der Waals surface area contributed by atoms with Crippen LogP contribution < -0.4 is 10.1 Å². The van der Waals surface area contributed by atoms with Gasteiger partial charge in [-0.2, -0.15) is 13.2 Å². The topological polar surface area (TPSA) is 47.6 Å². The van der Waals surface area contributed by atoms with Crippen LogP contribution >= 0.6 is 0 Å². The van der Waals surface area contributed by atoms with Crippen LogP contribution in [0.3, 0.4) is 0 Å². The van der Waals surface area contributed by atoms with E-state index in [2.05, 4.69) is 10.1 Å². The van der Waals surface area contributed by atoms with E-state index in [1.165, 1.54) is 20.1 Å².